The zero-order chi connectivity index (χ0) is 18.1. The number of aromatic nitrogens is 4. The molecule has 1 aromatic carbocycles. The molecular formula is C16H17F2N5O2. The Morgan fingerprint density at radius 1 is 1.28 bits per heavy atom. The molecule has 0 radical (unpaired) electrons. The molecule has 25 heavy (non-hydrogen) atoms. The van der Waals surface area contributed by atoms with Gasteiger partial charge in [0.25, 0.3) is 12.0 Å². The summed E-state index contributed by atoms with van der Waals surface area (Å²) in [6, 6.07) is 5.86. The van der Waals surface area contributed by atoms with Crippen molar-refractivity contribution in [2.75, 3.05) is 19.0 Å². The Morgan fingerprint density at radius 3 is 2.52 bits per heavy atom. The molecule has 3 rings (SSSR count). The van der Waals surface area contributed by atoms with Crippen LogP contribution in [0.25, 0.3) is 11.0 Å². The van der Waals surface area contributed by atoms with Crippen LogP contribution in [0.15, 0.2) is 29.1 Å². The topological polar surface area (TPSA) is 87.0 Å². The van der Waals surface area contributed by atoms with Crippen molar-refractivity contribution in [1.29, 1.82) is 0 Å². The number of anilines is 1. The van der Waals surface area contributed by atoms with Crippen molar-refractivity contribution in [2.24, 2.45) is 0 Å². The Bertz CT molecular complexity index is 948. The minimum Gasteiger partial charge on any atom is -0.390 e. The van der Waals surface area contributed by atoms with Crippen LogP contribution in [-0.4, -0.2) is 39.0 Å². The van der Waals surface area contributed by atoms with Crippen molar-refractivity contribution in [1.82, 2.24) is 19.7 Å². The van der Waals surface area contributed by atoms with E-state index in [4.69, 9.17) is 0 Å². The molecule has 0 saturated carbocycles. The Kier molecular flexibility index (Phi) is 4.49. The van der Waals surface area contributed by atoms with Gasteiger partial charge in [-0.05, 0) is 5.56 Å². The van der Waals surface area contributed by atoms with Crippen molar-refractivity contribution < 1.29 is 13.9 Å². The molecule has 0 aliphatic rings. The van der Waals surface area contributed by atoms with Gasteiger partial charge in [0.2, 0.25) is 5.95 Å². The number of H-pyrrole nitrogens is 1. The lowest BCUT2D eigenvalue weighted by atomic mass is 10.1. The molecule has 0 spiro atoms. The van der Waals surface area contributed by atoms with Gasteiger partial charge in [0.15, 0.2) is 5.65 Å². The second kappa shape index (κ2) is 6.60. The molecule has 0 amide bonds. The van der Waals surface area contributed by atoms with Gasteiger partial charge >= 0.3 is 0 Å². The summed E-state index contributed by atoms with van der Waals surface area (Å²) >= 11 is 0. The lowest BCUT2D eigenvalue weighted by Crippen LogP contribution is -2.19. The molecular weight excluding hydrogens is 332 g/mol. The van der Waals surface area contributed by atoms with Gasteiger partial charge in [-0.25, -0.2) is 13.5 Å². The normalized spacial score (nSPS) is 11.4. The fourth-order valence-electron chi connectivity index (χ4n) is 2.51. The molecule has 0 aliphatic carbocycles. The van der Waals surface area contributed by atoms with Crippen LogP contribution < -0.4 is 10.5 Å². The molecule has 0 fully saturated rings. The SMILES string of the molecule is CN(C)c1nc2c(c(CO)nn2Cc2ccc(C(F)F)cc2)c(=O)[nH]1. The van der Waals surface area contributed by atoms with Crippen LogP contribution in [0.5, 0.6) is 0 Å². The molecule has 2 aromatic heterocycles. The van der Waals surface area contributed by atoms with Gasteiger partial charge in [-0.3, -0.25) is 9.78 Å². The van der Waals surface area contributed by atoms with Crippen molar-refractivity contribution in [3.63, 3.8) is 0 Å². The van der Waals surface area contributed by atoms with Crippen LogP contribution in [0.1, 0.15) is 23.2 Å². The molecule has 0 unspecified atom stereocenters. The van der Waals surface area contributed by atoms with E-state index in [1.165, 1.54) is 16.8 Å². The Labute approximate surface area is 141 Å². The predicted molar refractivity (Wildman–Crippen MR) is 88.9 cm³/mol. The summed E-state index contributed by atoms with van der Waals surface area (Å²) in [4.78, 5) is 21.0. The summed E-state index contributed by atoms with van der Waals surface area (Å²) in [7, 11) is 3.47. The maximum Gasteiger partial charge on any atom is 0.263 e. The van der Waals surface area contributed by atoms with E-state index in [2.05, 4.69) is 15.1 Å². The van der Waals surface area contributed by atoms with Crippen LogP contribution >= 0.6 is 0 Å². The zero-order valence-electron chi connectivity index (χ0n) is 13.7. The number of aliphatic hydroxyl groups excluding tert-OH is 1. The molecule has 2 heterocycles. The Hall–Kier alpha value is -2.81. The Morgan fingerprint density at radius 2 is 1.96 bits per heavy atom. The number of benzene rings is 1. The minimum atomic E-state index is -2.52. The second-order valence-corrected chi connectivity index (χ2v) is 5.79. The smallest absolute Gasteiger partial charge is 0.263 e. The molecule has 0 aliphatic heterocycles. The lowest BCUT2D eigenvalue weighted by molar-refractivity contribution is 0.151. The molecule has 3 aromatic rings. The van der Waals surface area contributed by atoms with Gasteiger partial charge in [0.1, 0.15) is 11.1 Å². The number of hydrogen-bond acceptors (Lipinski definition) is 5. The third kappa shape index (κ3) is 3.22. The van der Waals surface area contributed by atoms with E-state index < -0.39 is 18.6 Å². The summed E-state index contributed by atoms with van der Waals surface area (Å²) in [6.45, 7) is -0.163. The number of nitrogens with zero attached hydrogens (tertiary/aromatic N) is 4. The van der Waals surface area contributed by atoms with Crippen molar-refractivity contribution in [3.8, 4) is 0 Å². The molecule has 0 saturated heterocycles. The first-order valence-corrected chi connectivity index (χ1v) is 7.55. The quantitative estimate of drug-likeness (QED) is 0.732. The van der Waals surface area contributed by atoms with Crippen LogP contribution in [-0.2, 0) is 13.2 Å². The third-order valence-electron chi connectivity index (χ3n) is 3.80. The highest BCUT2D eigenvalue weighted by atomic mass is 19.3. The van der Waals surface area contributed by atoms with Crippen LogP contribution in [0.4, 0.5) is 14.7 Å². The van der Waals surface area contributed by atoms with Crippen LogP contribution in [0.3, 0.4) is 0 Å². The number of rotatable bonds is 5. The monoisotopic (exact) mass is 349 g/mol. The van der Waals surface area contributed by atoms with E-state index in [0.717, 1.165) is 5.56 Å². The fraction of sp³-hybridized carbons (Fsp3) is 0.312. The highest BCUT2D eigenvalue weighted by Crippen LogP contribution is 2.20. The van der Waals surface area contributed by atoms with Gasteiger partial charge in [-0.15, -0.1) is 0 Å². The maximum absolute atomic E-state index is 12.6. The van der Waals surface area contributed by atoms with E-state index in [-0.39, 0.29) is 23.2 Å². The molecule has 0 bridgehead atoms. The standard InChI is InChI=1S/C16H17F2N5O2/c1-22(2)16-19-14-12(15(25)20-16)11(8-24)21-23(14)7-9-3-5-10(6-4-9)13(17)18/h3-6,13,24H,7-8H2,1-2H3,(H,19,20,25). The van der Waals surface area contributed by atoms with E-state index in [1.807, 2.05) is 0 Å². The predicted octanol–water partition coefficient (Wildman–Crippen LogP) is 1.66. The number of nitrogens with one attached hydrogen (secondary N) is 1. The summed E-state index contributed by atoms with van der Waals surface area (Å²) in [6.07, 6.45) is -2.52. The highest BCUT2D eigenvalue weighted by Gasteiger charge is 2.17. The third-order valence-corrected chi connectivity index (χ3v) is 3.80. The van der Waals surface area contributed by atoms with Gasteiger partial charge in [0.05, 0.1) is 13.2 Å². The largest absolute Gasteiger partial charge is 0.390 e. The first-order chi connectivity index (χ1) is 11.9. The first kappa shape index (κ1) is 17.0. The summed E-state index contributed by atoms with van der Waals surface area (Å²) in [5.41, 5.74) is 0.825. The first-order valence-electron chi connectivity index (χ1n) is 7.55. The van der Waals surface area contributed by atoms with Crippen molar-refractivity contribution >= 4 is 17.0 Å². The van der Waals surface area contributed by atoms with Crippen LogP contribution in [0.2, 0.25) is 0 Å². The molecule has 7 nitrogen and oxygen atoms in total. The van der Waals surface area contributed by atoms with E-state index in [9.17, 15) is 18.7 Å². The van der Waals surface area contributed by atoms with Gasteiger partial charge in [-0.2, -0.15) is 10.1 Å². The zero-order valence-corrected chi connectivity index (χ0v) is 13.7. The summed E-state index contributed by atoms with van der Waals surface area (Å²) in [5, 5.41) is 13.9. The van der Waals surface area contributed by atoms with E-state index in [0.29, 0.717) is 11.6 Å². The van der Waals surface area contributed by atoms with E-state index in [1.54, 1.807) is 31.1 Å². The second-order valence-electron chi connectivity index (χ2n) is 5.79. The number of aromatic amines is 1. The van der Waals surface area contributed by atoms with Crippen LogP contribution in [0, 0.1) is 0 Å². The number of halogens is 2. The summed E-state index contributed by atoms with van der Waals surface area (Å²) < 4.78 is 26.8. The maximum atomic E-state index is 12.6. The summed E-state index contributed by atoms with van der Waals surface area (Å²) in [5.74, 6) is 0.358. The minimum absolute atomic E-state index is 0.0606. The lowest BCUT2D eigenvalue weighted by Gasteiger charge is -2.11. The van der Waals surface area contributed by atoms with E-state index >= 15 is 0 Å². The average molecular weight is 349 g/mol. The highest BCUT2D eigenvalue weighted by molar-refractivity contribution is 5.78. The number of fused-ring (bicyclic) bond motifs is 1. The van der Waals surface area contributed by atoms with Gasteiger partial charge in [-0.1, -0.05) is 24.3 Å². The average Bonchev–Trinajstić information content (AvgIpc) is 2.93. The Balaban J connectivity index is 2.07. The van der Waals surface area contributed by atoms with Gasteiger partial charge < -0.3 is 10.0 Å². The molecule has 9 heteroatoms. The van der Waals surface area contributed by atoms with Crippen molar-refractivity contribution in [3.05, 3.63) is 51.4 Å². The molecule has 0 atom stereocenters. The molecule has 132 valence electrons. The van der Waals surface area contributed by atoms with Crippen molar-refractivity contribution in [2.45, 2.75) is 19.6 Å². The number of alkyl halides is 2. The number of hydrogen-bond donors (Lipinski definition) is 2. The number of aliphatic hydroxyl groups is 1. The van der Waals surface area contributed by atoms with Gasteiger partial charge in [0, 0.05) is 19.7 Å². The molecule has 2 N–H and O–H groups in total. The fourth-order valence-corrected chi connectivity index (χ4v) is 2.51.